The van der Waals surface area contributed by atoms with Gasteiger partial charge in [0.05, 0.1) is 13.2 Å². The smallest absolute Gasteiger partial charge is 0.119 e. The lowest BCUT2D eigenvalue weighted by Gasteiger charge is -2.05. The zero-order chi connectivity index (χ0) is 10.1. The summed E-state index contributed by atoms with van der Waals surface area (Å²) in [5.74, 6) is 1.88. The first-order valence-electron chi connectivity index (χ1n) is 5.04. The van der Waals surface area contributed by atoms with Crippen LogP contribution in [-0.4, -0.2) is 18.3 Å². The molecule has 0 aromatic heterocycles. The van der Waals surface area contributed by atoms with E-state index >= 15 is 0 Å². The van der Waals surface area contributed by atoms with Gasteiger partial charge in [0.15, 0.2) is 0 Å². The summed E-state index contributed by atoms with van der Waals surface area (Å²) in [7, 11) is 1.68. The van der Waals surface area contributed by atoms with E-state index in [1.807, 2.05) is 19.1 Å². The Morgan fingerprint density at radius 3 is 2.86 bits per heavy atom. The summed E-state index contributed by atoms with van der Waals surface area (Å²) in [5.41, 5.74) is 1.29. The van der Waals surface area contributed by atoms with E-state index < -0.39 is 0 Å². The zero-order valence-electron chi connectivity index (χ0n) is 8.60. The molecule has 1 fully saturated rings. The Hall–Kier alpha value is -1.02. The third kappa shape index (κ3) is 1.75. The molecule has 2 nitrogen and oxygen atoms in total. The van der Waals surface area contributed by atoms with Crippen LogP contribution in [0.2, 0.25) is 0 Å². The number of ether oxygens (including phenoxy) is 1. The van der Waals surface area contributed by atoms with Crippen molar-refractivity contribution in [1.82, 2.24) is 0 Å². The van der Waals surface area contributed by atoms with Crippen molar-refractivity contribution >= 4 is 0 Å². The standard InChI is InChI=1S/C12H16O2/c1-8(13)11-7-12(11)9-4-3-5-10(6-9)14-2/h3-6,8,11-13H,7H2,1-2H3/t8-,11+,12+/m0/s1. The number of hydrogen-bond acceptors (Lipinski definition) is 2. The van der Waals surface area contributed by atoms with E-state index in [2.05, 4.69) is 12.1 Å². The number of benzene rings is 1. The average molecular weight is 192 g/mol. The minimum Gasteiger partial charge on any atom is -0.497 e. The molecule has 1 aromatic rings. The molecule has 1 saturated carbocycles. The van der Waals surface area contributed by atoms with Crippen molar-refractivity contribution in [2.45, 2.75) is 25.4 Å². The van der Waals surface area contributed by atoms with Gasteiger partial charge < -0.3 is 9.84 Å². The van der Waals surface area contributed by atoms with Crippen LogP contribution in [0.3, 0.4) is 0 Å². The number of hydrogen-bond donors (Lipinski definition) is 1. The van der Waals surface area contributed by atoms with E-state index in [9.17, 15) is 5.11 Å². The summed E-state index contributed by atoms with van der Waals surface area (Å²) in [6, 6.07) is 8.12. The second kappa shape index (κ2) is 3.62. The molecule has 0 unspecified atom stereocenters. The number of aliphatic hydroxyl groups is 1. The molecule has 76 valence electrons. The lowest BCUT2D eigenvalue weighted by atomic mass is 10.1. The molecule has 0 saturated heterocycles. The van der Waals surface area contributed by atoms with Crippen molar-refractivity contribution in [3.05, 3.63) is 29.8 Å². The molecule has 1 aliphatic rings. The molecule has 14 heavy (non-hydrogen) atoms. The number of aliphatic hydroxyl groups excluding tert-OH is 1. The van der Waals surface area contributed by atoms with Gasteiger partial charge in [-0.15, -0.1) is 0 Å². The fourth-order valence-corrected chi connectivity index (χ4v) is 2.00. The Labute approximate surface area is 84.5 Å². The predicted octanol–water partition coefficient (Wildman–Crippen LogP) is 2.18. The van der Waals surface area contributed by atoms with E-state index in [1.54, 1.807) is 7.11 Å². The molecular formula is C12H16O2. The largest absolute Gasteiger partial charge is 0.497 e. The minimum atomic E-state index is -0.189. The molecule has 0 bridgehead atoms. The first kappa shape index (κ1) is 9.53. The summed E-state index contributed by atoms with van der Waals surface area (Å²) in [6.07, 6.45) is 0.913. The fraction of sp³-hybridized carbons (Fsp3) is 0.500. The van der Waals surface area contributed by atoms with Gasteiger partial charge in [0.25, 0.3) is 0 Å². The molecule has 1 aromatic carbocycles. The highest BCUT2D eigenvalue weighted by Crippen LogP contribution is 2.49. The minimum absolute atomic E-state index is 0.189. The van der Waals surface area contributed by atoms with Crippen LogP contribution in [0.5, 0.6) is 5.75 Å². The van der Waals surface area contributed by atoms with Crippen LogP contribution < -0.4 is 4.74 Å². The first-order valence-corrected chi connectivity index (χ1v) is 5.04. The van der Waals surface area contributed by atoms with Gasteiger partial charge in [-0.3, -0.25) is 0 Å². The maximum Gasteiger partial charge on any atom is 0.119 e. The molecule has 2 rings (SSSR count). The van der Waals surface area contributed by atoms with Crippen LogP contribution in [-0.2, 0) is 0 Å². The van der Waals surface area contributed by atoms with Crippen molar-refractivity contribution in [1.29, 1.82) is 0 Å². The lowest BCUT2D eigenvalue weighted by Crippen LogP contribution is -2.03. The molecule has 0 radical (unpaired) electrons. The van der Waals surface area contributed by atoms with Gasteiger partial charge in [0, 0.05) is 0 Å². The predicted molar refractivity (Wildman–Crippen MR) is 55.5 cm³/mol. The maximum absolute atomic E-state index is 9.42. The number of rotatable bonds is 3. The molecule has 2 heteroatoms. The van der Waals surface area contributed by atoms with E-state index in [4.69, 9.17) is 4.74 Å². The van der Waals surface area contributed by atoms with Gasteiger partial charge in [0.2, 0.25) is 0 Å². The van der Waals surface area contributed by atoms with Gasteiger partial charge in [-0.1, -0.05) is 12.1 Å². The Bertz CT molecular complexity index is 320. The van der Waals surface area contributed by atoms with Crippen LogP contribution in [0, 0.1) is 5.92 Å². The highest BCUT2D eigenvalue weighted by Gasteiger charge is 2.41. The van der Waals surface area contributed by atoms with Crippen LogP contribution in [0.4, 0.5) is 0 Å². The second-order valence-electron chi connectivity index (χ2n) is 4.02. The zero-order valence-corrected chi connectivity index (χ0v) is 8.60. The van der Waals surface area contributed by atoms with Gasteiger partial charge in [-0.05, 0) is 42.9 Å². The first-order chi connectivity index (χ1) is 6.72. The Kier molecular flexibility index (Phi) is 2.46. The Morgan fingerprint density at radius 2 is 2.29 bits per heavy atom. The summed E-state index contributed by atoms with van der Waals surface area (Å²) >= 11 is 0. The number of methoxy groups -OCH3 is 1. The summed E-state index contributed by atoms with van der Waals surface area (Å²) in [6.45, 7) is 1.87. The Balaban J connectivity index is 2.11. The van der Waals surface area contributed by atoms with Crippen LogP contribution in [0.1, 0.15) is 24.8 Å². The molecule has 3 atom stereocenters. The average Bonchev–Trinajstić information content (AvgIpc) is 2.97. The molecule has 0 aliphatic heterocycles. The van der Waals surface area contributed by atoms with Crippen molar-refractivity contribution in [2.75, 3.05) is 7.11 Å². The normalized spacial score (nSPS) is 27.1. The van der Waals surface area contributed by atoms with Crippen LogP contribution >= 0.6 is 0 Å². The van der Waals surface area contributed by atoms with E-state index in [-0.39, 0.29) is 6.10 Å². The van der Waals surface area contributed by atoms with Gasteiger partial charge in [-0.2, -0.15) is 0 Å². The Morgan fingerprint density at radius 1 is 1.50 bits per heavy atom. The quantitative estimate of drug-likeness (QED) is 0.795. The van der Waals surface area contributed by atoms with Gasteiger partial charge >= 0.3 is 0 Å². The SMILES string of the molecule is COc1cccc([C@H]2C[C@@H]2[C@H](C)O)c1. The second-order valence-corrected chi connectivity index (χ2v) is 4.02. The van der Waals surface area contributed by atoms with E-state index in [0.29, 0.717) is 11.8 Å². The van der Waals surface area contributed by atoms with Crippen molar-refractivity contribution < 1.29 is 9.84 Å². The fourth-order valence-electron chi connectivity index (χ4n) is 2.00. The van der Waals surface area contributed by atoms with Crippen LogP contribution in [0.15, 0.2) is 24.3 Å². The third-order valence-electron chi connectivity index (χ3n) is 2.98. The highest BCUT2D eigenvalue weighted by atomic mass is 16.5. The molecule has 0 amide bonds. The maximum atomic E-state index is 9.42. The molecular weight excluding hydrogens is 176 g/mol. The molecule has 0 heterocycles. The van der Waals surface area contributed by atoms with Crippen molar-refractivity contribution in [2.24, 2.45) is 5.92 Å². The summed E-state index contributed by atoms with van der Waals surface area (Å²) in [5, 5.41) is 9.42. The molecule has 1 N–H and O–H groups in total. The van der Waals surface area contributed by atoms with Crippen LogP contribution in [0.25, 0.3) is 0 Å². The highest BCUT2D eigenvalue weighted by molar-refractivity contribution is 5.34. The van der Waals surface area contributed by atoms with Crippen molar-refractivity contribution in [3.8, 4) is 5.75 Å². The van der Waals surface area contributed by atoms with E-state index in [0.717, 1.165) is 12.2 Å². The molecule has 1 aliphatic carbocycles. The van der Waals surface area contributed by atoms with E-state index in [1.165, 1.54) is 5.56 Å². The van der Waals surface area contributed by atoms with Crippen molar-refractivity contribution in [3.63, 3.8) is 0 Å². The summed E-state index contributed by atoms with van der Waals surface area (Å²) in [4.78, 5) is 0. The third-order valence-corrected chi connectivity index (χ3v) is 2.98. The topological polar surface area (TPSA) is 29.5 Å². The summed E-state index contributed by atoms with van der Waals surface area (Å²) < 4.78 is 5.17. The molecule has 0 spiro atoms. The van der Waals surface area contributed by atoms with Gasteiger partial charge in [0.1, 0.15) is 5.75 Å². The monoisotopic (exact) mass is 192 g/mol. The lowest BCUT2D eigenvalue weighted by molar-refractivity contribution is 0.169. The van der Waals surface area contributed by atoms with Gasteiger partial charge in [-0.25, -0.2) is 0 Å².